The van der Waals surface area contributed by atoms with Crippen molar-refractivity contribution in [3.05, 3.63) is 99.2 Å². The molecule has 224 valence electrons. The minimum absolute atomic E-state index is 0.122. The van der Waals surface area contributed by atoms with E-state index in [1.807, 2.05) is 38.1 Å². The van der Waals surface area contributed by atoms with Gasteiger partial charge in [0.05, 0.1) is 29.4 Å². The summed E-state index contributed by atoms with van der Waals surface area (Å²) in [6, 6.07) is 18.0. The number of aryl methyl sites for hydroxylation is 2. The number of nitrogens with one attached hydrogen (secondary N) is 1. The first-order chi connectivity index (χ1) is 20.7. The highest BCUT2D eigenvalue weighted by Crippen LogP contribution is 2.38. The van der Waals surface area contributed by atoms with E-state index in [9.17, 15) is 18.0 Å². The zero-order valence-electron chi connectivity index (χ0n) is 24.1. The summed E-state index contributed by atoms with van der Waals surface area (Å²) in [6.45, 7) is 7.21. The van der Waals surface area contributed by atoms with Gasteiger partial charge in [0.15, 0.2) is 0 Å². The van der Waals surface area contributed by atoms with Gasteiger partial charge in [-0.3, -0.25) is 14.5 Å². The molecule has 0 spiro atoms. The first-order valence-electron chi connectivity index (χ1n) is 14.2. The van der Waals surface area contributed by atoms with Crippen molar-refractivity contribution >= 4 is 38.2 Å². The minimum atomic E-state index is -3.68. The second-order valence-corrected chi connectivity index (χ2v) is 13.8. The molecule has 1 N–H and O–H groups in total. The van der Waals surface area contributed by atoms with Gasteiger partial charge in [0.1, 0.15) is 5.00 Å². The molecule has 4 heterocycles. The zero-order valence-corrected chi connectivity index (χ0v) is 25.7. The third-order valence-corrected chi connectivity index (χ3v) is 10.8. The number of rotatable bonds is 7. The number of hydrogen-bond donors (Lipinski definition) is 1. The Morgan fingerprint density at radius 1 is 1.00 bits per heavy atom. The van der Waals surface area contributed by atoms with Gasteiger partial charge in [-0.2, -0.15) is 9.40 Å². The number of hydrogen-bond acceptors (Lipinski definition) is 8. The third kappa shape index (κ3) is 6.06. The van der Waals surface area contributed by atoms with Gasteiger partial charge in [-0.05, 0) is 61.7 Å². The van der Waals surface area contributed by atoms with Gasteiger partial charge in [0, 0.05) is 48.9 Å². The average molecular weight is 620 g/mol. The molecule has 12 heteroatoms. The van der Waals surface area contributed by atoms with Crippen LogP contribution in [-0.2, 0) is 34.3 Å². The third-order valence-electron chi connectivity index (χ3n) is 7.75. The van der Waals surface area contributed by atoms with E-state index in [0.717, 1.165) is 34.9 Å². The summed E-state index contributed by atoms with van der Waals surface area (Å²) in [7, 11) is -3.68. The van der Waals surface area contributed by atoms with Crippen LogP contribution < -0.4 is 5.32 Å². The number of benzene rings is 2. The number of nitrogens with zero attached hydrogens (tertiary/aromatic N) is 4. The second kappa shape index (κ2) is 12.1. The average Bonchev–Trinajstić information content (AvgIpc) is 3.55. The Labute approximate surface area is 254 Å². The minimum Gasteiger partial charge on any atom is -0.379 e. The molecule has 0 bridgehead atoms. The lowest BCUT2D eigenvalue weighted by Gasteiger charge is -2.27. The number of carbonyl (C=O) groups is 2. The lowest BCUT2D eigenvalue weighted by molar-refractivity contribution is 0.0730. The van der Waals surface area contributed by atoms with Gasteiger partial charge >= 0.3 is 0 Å². The summed E-state index contributed by atoms with van der Waals surface area (Å²) in [6.07, 6.45) is 0.670. The fourth-order valence-electron chi connectivity index (χ4n) is 5.58. The molecule has 43 heavy (non-hydrogen) atoms. The number of anilines is 1. The van der Waals surface area contributed by atoms with E-state index >= 15 is 0 Å². The molecule has 0 atom stereocenters. The van der Waals surface area contributed by atoms with Crippen LogP contribution in [-0.4, -0.2) is 72.1 Å². The van der Waals surface area contributed by atoms with Crippen molar-refractivity contribution in [3.63, 3.8) is 0 Å². The monoisotopic (exact) mass is 619 g/mol. The molecule has 2 aromatic heterocycles. The molecule has 1 amide bonds. The van der Waals surface area contributed by atoms with Gasteiger partial charge < -0.3 is 10.1 Å². The van der Waals surface area contributed by atoms with Crippen molar-refractivity contribution in [2.75, 3.05) is 38.2 Å². The molecule has 0 radical (unpaired) electrons. The van der Waals surface area contributed by atoms with Gasteiger partial charge in [-0.1, -0.05) is 30.3 Å². The van der Waals surface area contributed by atoms with Crippen LogP contribution in [0.5, 0.6) is 0 Å². The maximum Gasteiger partial charge on any atom is 0.281 e. The van der Waals surface area contributed by atoms with Crippen molar-refractivity contribution in [2.24, 2.45) is 0 Å². The lowest BCUT2D eigenvalue weighted by atomic mass is 10.0. The molecule has 0 saturated carbocycles. The van der Waals surface area contributed by atoms with E-state index in [4.69, 9.17) is 4.74 Å². The van der Waals surface area contributed by atoms with Crippen LogP contribution in [0.15, 0.2) is 65.6 Å². The van der Waals surface area contributed by atoms with Crippen LogP contribution in [0, 0.1) is 13.8 Å². The Hall–Kier alpha value is -3.68. The topological polar surface area (TPSA) is 114 Å². The number of aromatic nitrogens is 2. The maximum absolute atomic E-state index is 13.9. The van der Waals surface area contributed by atoms with Crippen molar-refractivity contribution in [1.82, 2.24) is 19.0 Å². The molecule has 4 aromatic rings. The van der Waals surface area contributed by atoms with Crippen molar-refractivity contribution in [2.45, 2.75) is 38.3 Å². The fraction of sp³-hybridized carbons (Fsp3) is 0.323. The molecule has 0 aliphatic carbocycles. The molecular formula is C31H33N5O5S2. The van der Waals surface area contributed by atoms with Gasteiger partial charge in [0.25, 0.3) is 11.8 Å². The molecule has 1 saturated heterocycles. The SMILES string of the molecule is Cc1cc(C)n(C(=O)c2c(NC(=O)c3ccc(S(=O)(=O)N4CCOCC4)cc3)sc3c2CCN(Cc2ccccc2)C3)n1. The van der Waals surface area contributed by atoms with Crippen LogP contribution in [0.2, 0.25) is 0 Å². The van der Waals surface area contributed by atoms with Crippen LogP contribution in [0.4, 0.5) is 5.00 Å². The highest BCUT2D eigenvalue weighted by molar-refractivity contribution is 7.89. The smallest absolute Gasteiger partial charge is 0.281 e. The summed E-state index contributed by atoms with van der Waals surface area (Å²) in [4.78, 5) is 30.8. The van der Waals surface area contributed by atoms with Gasteiger partial charge in [-0.15, -0.1) is 11.3 Å². The molecule has 2 aliphatic rings. The van der Waals surface area contributed by atoms with Crippen molar-refractivity contribution < 1.29 is 22.7 Å². The van der Waals surface area contributed by atoms with Crippen LogP contribution in [0.1, 0.15) is 48.1 Å². The summed E-state index contributed by atoms with van der Waals surface area (Å²) in [5, 5.41) is 7.86. The summed E-state index contributed by atoms with van der Waals surface area (Å²) < 4.78 is 34.1. The predicted octanol–water partition coefficient (Wildman–Crippen LogP) is 4.08. The number of morpholine rings is 1. The van der Waals surface area contributed by atoms with Gasteiger partial charge in [0.2, 0.25) is 10.0 Å². The molecule has 2 aromatic carbocycles. The molecule has 1 fully saturated rings. The number of sulfonamides is 1. The summed E-state index contributed by atoms with van der Waals surface area (Å²) in [5.41, 5.74) is 4.37. The number of carbonyl (C=O) groups excluding carboxylic acids is 2. The lowest BCUT2D eigenvalue weighted by Crippen LogP contribution is -2.40. The number of ether oxygens (including phenoxy) is 1. The van der Waals surface area contributed by atoms with E-state index in [2.05, 4.69) is 27.4 Å². The normalized spacial score (nSPS) is 16.1. The first-order valence-corrected chi connectivity index (χ1v) is 16.4. The summed E-state index contributed by atoms with van der Waals surface area (Å²) in [5.74, 6) is -0.695. The maximum atomic E-state index is 13.9. The Kier molecular flexibility index (Phi) is 8.29. The zero-order chi connectivity index (χ0) is 30.1. The quantitative estimate of drug-likeness (QED) is 0.332. The highest BCUT2D eigenvalue weighted by atomic mass is 32.2. The number of fused-ring (bicyclic) bond motifs is 1. The molecule has 6 rings (SSSR count). The first kappa shape index (κ1) is 29.4. The molecule has 0 unspecified atom stereocenters. The van der Waals surface area contributed by atoms with Gasteiger partial charge in [-0.25, -0.2) is 13.1 Å². The molecular weight excluding hydrogens is 587 g/mol. The Morgan fingerprint density at radius 3 is 2.40 bits per heavy atom. The van der Waals surface area contributed by atoms with E-state index in [0.29, 0.717) is 55.4 Å². The standard InChI is InChI=1S/C31H33N5O5S2/c1-21-18-22(2)36(33-21)31(38)28-26-12-13-34(19-23-6-4-3-5-7-23)20-27(26)42-30(28)32-29(37)24-8-10-25(11-9-24)43(39,40)35-14-16-41-17-15-35/h3-11,18H,12-17,19-20H2,1-2H3,(H,32,37). The Balaban J connectivity index is 1.27. The highest BCUT2D eigenvalue weighted by Gasteiger charge is 2.31. The second-order valence-electron chi connectivity index (χ2n) is 10.8. The fourth-order valence-corrected chi connectivity index (χ4v) is 8.26. The Morgan fingerprint density at radius 2 is 1.72 bits per heavy atom. The number of amides is 1. The van der Waals surface area contributed by atoms with E-state index in [1.165, 1.54) is 50.2 Å². The van der Waals surface area contributed by atoms with E-state index in [-0.39, 0.29) is 10.8 Å². The Bertz CT molecular complexity index is 1760. The largest absolute Gasteiger partial charge is 0.379 e. The van der Waals surface area contributed by atoms with E-state index < -0.39 is 15.9 Å². The predicted molar refractivity (Wildman–Crippen MR) is 164 cm³/mol. The van der Waals surface area contributed by atoms with E-state index in [1.54, 1.807) is 0 Å². The van der Waals surface area contributed by atoms with Crippen molar-refractivity contribution in [1.29, 1.82) is 0 Å². The number of thiophene rings is 1. The molecule has 10 nitrogen and oxygen atoms in total. The van der Waals surface area contributed by atoms with Crippen LogP contribution in [0.25, 0.3) is 0 Å². The molecule has 2 aliphatic heterocycles. The summed E-state index contributed by atoms with van der Waals surface area (Å²) >= 11 is 1.41. The van der Waals surface area contributed by atoms with Crippen LogP contribution in [0.3, 0.4) is 0 Å². The van der Waals surface area contributed by atoms with Crippen molar-refractivity contribution in [3.8, 4) is 0 Å². The van der Waals surface area contributed by atoms with Crippen LogP contribution >= 0.6 is 11.3 Å².